The van der Waals surface area contributed by atoms with Gasteiger partial charge in [-0.2, -0.15) is 0 Å². The van der Waals surface area contributed by atoms with Gasteiger partial charge in [-0.25, -0.2) is 0 Å². The maximum atomic E-state index is 12.0. The van der Waals surface area contributed by atoms with Crippen LogP contribution in [0.15, 0.2) is 57.9 Å². The Bertz CT molecular complexity index is 584. The Morgan fingerprint density at radius 1 is 1.20 bits per heavy atom. The third-order valence-corrected chi connectivity index (χ3v) is 4.45. The van der Waals surface area contributed by atoms with E-state index in [0.717, 1.165) is 20.7 Å². The number of ether oxygens (including phenoxy) is 1. The molecule has 0 fully saturated rings. The highest BCUT2D eigenvalue weighted by molar-refractivity contribution is 9.10. The minimum atomic E-state index is 0.218. The lowest BCUT2D eigenvalue weighted by Crippen LogP contribution is -2.05. The zero-order chi connectivity index (χ0) is 14.4. The Morgan fingerprint density at radius 3 is 2.60 bits per heavy atom. The molecule has 0 heterocycles. The normalized spacial score (nSPS) is 10.3. The number of carbonyl (C=O) groups excluding carboxylic acids is 1. The first-order valence-corrected chi connectivity index (χ1v) is 7.99. The van der Waals surface area contributed by atoms with E-state index in [2.05, 4.69) is 15.9 Å². The quantitative estimate of drug-likeness (QED) is 0.724. The summed E-state index contributed by atoms with van der Waals surface area (Å²) < 4.78 is 6.05. The number of benzene rings is 2. The highest BCUT2D eigenvalue weighted by atomic mass is 79.9. The van der Waals surface area contributed by atoms with Gasteiger partial charge < -0.3 is 4.74 Å². The van der Waals surface area contributed by atoms with Gasteiger partial charge in [-0.1, -0.05) is 24.3 Å². The lowest BCUT2D eigenvalue weighted by atomic mass is 10.1. The van der Waals surface area contributed by atoms with Crippen LogP contribution in [-0.4, -0.2) is 18.6 Å². The van der Waals surface area contributed by atoms with Gasteiger partial charge in [0.1, 0.15) is 11.5 Å². The van der Waals surface area contributed by atoms with Gasteiger partial charge in [0.15, 0.2) is 0 Å². The van der Waals surface area contributed by atoms with Crippen molar-refractivity contribution in [1.82, 2.24) is 0 Å². The molecule has 0 bridgehead atoms. The summed E-state index contributed by atoms with van der Waals surface area (Å²) in [6, 6.07) is 15.7. The van der Waals surface area contributed by atoms with Gasteiger partial charge in [-0.05, 0) is 45.8 Å². The standard InChI is InChI=1S/C16H15BrO2S/c1-19-16-8-7-12(10-15(16)17)9-13(18)11-20-14-5-3-2-4-6-14/h2-8,10H,9,11H2,1H3. The van der Waals surface area contributed by atoms with E-state index in [4.69, 9.17) is 4.74 Å². The van der Waals surface area contributed by atoms with Gasteiger partial charge in [0.2, 0.25) is 0 Å². The maximum Gasteiger partial charge on any atom is 0.147 e. The van der Waals surface area contributed by atoms with Crippen LogP contribution in [0.25, 0.3) is 0 Å². The molecular formula is C16H15BrO2S. The van der Waals surface area contributed by atoms with Crippen molar-refractivity contribution in [2.75, 3.05) is 12.9 Å². The van der Waals surface area contributed by atoms with Crippen LogP contribution in [0.3, 0.4) is 0 Å². The van der Waals surface area contributed by atoms with Crippen LogP contribution < -0.4 is 4.74 Å². The summed E-state index contributed by atoms with van der Waals surface area (Å²) in [5.74, 6) is 1.49. The molecule has 0 unspecified atom stereocenters. The minimum Gasteiger partial charge on any atom is -0.496 e. The van der Waals surface area contributed by atoms with E-state index in [0.29, 0.717) is 12.2 Å². The number of hydrogen-bond acceptors (Lipinski definition) is 3. The second-order valence-electron chi connectivity index (χ2n) is 4.29. The predicted octanol–water partition coefficient (Wildman–Crippen LogP) is 4.36. The molecule has 2 aromatic carbocycles. The van der Waals surface area contributed by atoms with Crippen molar-refractivity contribution in [3.8, 4) is 5.75 Å². The van der Waals surface area contributed by atoms with Gasteiger partial charge in [-0.3, -0.25) is 4.79 Å². The SMILES string of the molecule is COc1ccc(CC(=O)CSc2ccccc2)cc1Br. The average Bonchev–Trinajstić information content (AvgIpc) is 2.46. The fraction of sp³-hybridized carbons (Fsp3) is 0.188. The number of methoxy groups -OCH3 is 1. The molecule has 2 rings (SSSR count). The topological polar surface area (TPSA) is 26.3 Å². The molecule has 0 spiro atoms. The summed E-state index contributed by atoms with van der Waals surface area (Å²) in [4.78, 5) is 13.1. The molecule has 0 aromatic heterocycles. The lowest BCUT2D eigenvalue weighted by molar-refractivity contribution is -0.116. The molecule has 0 amide bonds. The Morgan fingerprint density at radius 2 is 1.95 bits per heavy atom. The predicted molar refractivity (Wildman–Crippen MR) is 86.6 cm³/mol. The fourth-order valence-corrected chi connectivity index (χ4v) is 3.15. The molecule has 0 saturated heterocycles. The molecule has 104 valence electrons. The van der Waals surface area contributed by atoms with E-state index in [9.17, 15) is 4.79 Å². The average molecular weight is 351 g/mol. The van der Waals surface area contributed by atoms with E-state index in [1.54, 1.807) is 18.9 Å². The van der Waals surface area contributed by atoms with Crippen LogP contribution in [0.5, 0.6) is 5.75 Å². The summed E-state index contributed by atoms with van der Waals surface area (Å²) in [5.41, 5.74) is 0.997. The van der Waals surface area contributed by atoms with E-state index >= 15 is 0 Å². The van der Waals surface area contributed by atoms with Crippen molar-refractivity contribution >= 4 is 33.5 Å². The molecule has 0 aliphatic rings. The molecule has 0 aliphatic carbocycles. The molecule has 2 aromatic rings. The highest BCUT2D eigenvalue weighted by Crippen LogP contribution is 2.26. The van der Waals surface area contributed by atoms with E-state index < -0.39 is 0 Å². The first-order chi connectivity index (χ1) is 9.69. The molecule has 2 nitrogen and oxygen atoms in total. The third kappa shape index (κ3) is 4.39. The second kappa shape index (κ2) is 7.50. The largest absolute Gasteiger partial charge is 0.496 e. The number of thioether (sulfide) groups is 1. The zero-order valence-electron chi connectivity index (χ0n) is 11.1. The van der Waals surface area contributed by atoms with Crippen molar-refractivity contribution in [3.05, 3.63) is 58.6 Å². The van der Waals surface area contributed by atoms with Gasteiger partial charge >= 0.3 is 0 Å². The van der Waals surface area contributed by atoms with Crippen LogP contribution in [0.1, 0.15) is 5.56 Å². The summed E-state index contributed by atoms with van der Waals surface area (Å²) in [6.07, 6.45) is 0.447. The number of hydrogen-bond donors (Lipinski definition) is 0. The van der Waals surface area contributed by atoms with Crippen LogP contribution in [-0.2, 0) is 11.2 Å². The van der Waals surface area contributed by atoms with E-state index in [1.807, 2.05) is 48.5 Å². The van der Waals surface area contributed by atoms with Crippen molar-refractivity contribution < 1.29 is 9.53 Å². The lowest BCUT2D eigenvalue weighted by Gasteiger charge is -2.06. The van der Waals surface area contributed by atoms with Crippen LogP contribution in [0.2, 0.25) is 0 Å². The molecule has 0 saturated carbocycles. The Labute approximate surface area is 131 Å². The molecule has 0 N–H and O–H groups in total. The molecule has 20 heavy (non-hydrogen) atoms. The molecule has 4 heteroatoms. The summed E-state index contributed by atoms with van der Waals surface area (Å²) in [5, 5.41) is 0. The van der Waals surface area contributed by atoms with Crippen LogP contribution in [0.4, 0.5) is 0 Å². The van der Waals surface area contributed by atoms with Crippen molar-refractivity contribution in [2.45, 2.75) is 11.3 Å². The molecule has 0 radical (unpaired) electrons. The third-order valence-electron chi connectivity index (χ3n) is 2.76. The summed E-state index contributed by atoms with van der Waals surface area (Å²) >= 11 is 5.01. The Balaban J connectivity index is 1.90. The number of Topliss-reactive ketones (excluding diaryl/α,β-unsaturated/α-hetero) is 1. The number of ketones is 1. The molecule has 0 aliphatic heterocycles. The summed E-state index contributed by atoms with van der Waals surface area (Å²) in [6.45, 7) is 0. The Hall–Kier alpha value is -1.26. The maximum absolute atomic E-state index is 12.0. The van der Waals surface area contributed by atoms with Crippen molar-refractivity contribution in [1.29, 1.82) is 0 Å². The van der Waals surface area contributed by atoms with Crippen molar-refractivity contribution in [2.24, 2.45) is 0 Å². The fourth-order valence-electron chi connectivity index (χ4n) is 1.78. The van der Waals surface area contributed by atoms with Crippen LogP contribution in [0, 0.1) is 0 Å². The number of halogens is 1. The van der Waals surface area contributed by atoms with Gasteiger partial charge in [-0.15, -0.1) is 11.8 Å². The Kier molecular flexibility index (Phi) is 5.68. The molecular weight excluding hydrogens is 336 g/mol. The molecule has 0 atom stereocenters. The second-order valence-corrected chi connectivity index (χ2v) is 6.19. The number of rotatable bonds is 6. The first-order valence-electron chi connectivity index (χ1n) is 6.21. The zero-order valence-corrected chi connectivity index (χ0v) is 13.5. The minimum absolute atomic E-state index is 0.218. The van der Waals surface area contributed by atoms with Gasteiger partial charge in [0, 0.05) is 11.3 Å². The van der Waals surface area contributed by atoms with Crippen molar-refractivity contribution in [3.63, 3.8) is 0 Å². The van der Waals surface area contributed by atoms with E-state index in [-0.39, 0.29) is 5.78 Å². The first kappa shape index (κ1) is 15.1. The van der Waals surface area contributed by atoms with Gasteiger partial charge in [0.05, 0.1) is 17.3 Å². The van der Waals surface area contributed by atoms with Crippen LogP contribution >= 0.6 is 27.7 Å². The van der Waals surface area contributed by atoms with Gasteiger partial charge in [0.25, 0.3) is 0 Å². The van der Waals surface area contributed by atoms with E-state index in [1.165, 1.54) is 0 Å². The smallest absolute Gasteiger partial charge is 0.147 e. The summed E-state index contributed by atoms with van der Waals surface area (Å²) in [7, 11) is 1.63. The monoisotopic (exact) mass is 350 g/mol. The number of carbonyl (C=O) groups is 1. The highest BCUT2D eigenvalue weighted by Gasteiger charge is 2.07.